The smallest absolute Gasteiger partial charge is 0.233 e. The maximum Gasteiger partial charge on any atom is 0.233 e. The summed E-state index contributed by atoms with van der Waals surface area (Å²) < 4.78 is 0. The van der Waals surface area contributed by atoms with Crippen molar-refractivity contribution in [1.82, 2.24) is 20.2 Å². The highest BCUT2D eigenvalue weighted by Crippen LogP contribution is 2.33. The van der Waals surface area contributed by atoms with E-state index in [9.17, 15) is 4.79 Å². The predicted octanol–water partition coefficient (Wildman–Crippen LogP) is 3.89. The van der Waals surface area contributed by atoms with E-state index in [0.717, 1.165) is 60.1 Å². The third-order valence-electron chi connectivity index (χ3n) is 4.37. The molecule has 0 aliphatic carbocycles. The first kappa shape index (κ1) is 21.1. The molecule has 0 fully saturated rings. The SMILES string of the molecule is CCc1cc2c(SC(C)C(=O)NCCCN(CC)CC)nc(C)nc2s1. The van der Waals surface area contributed by atoms with Gasteiger partial charge in [-0.2, -0.15) is 0 Å². The second-order valence-corrected chi connectivity index (χ2v) is 8.74. The van der Waals surface area contributed by atoms with E-state index in [1.54, 1.807) is 11.3 Å². The molecular weight excluding hydrogens is 364 g/mol. The molecule has 2 aromatic rings. The number of aromatic nitrogens is 2. The van der Waals surface area contributed by atoms with E-state index in [4.69, 9.17) is 0 Å². The topological polar surface area (TPSA) is 58.1 Å². The van der Waals surface area contributed by atoms with E-state index in [1.165, 1.54) is 16.6 Å². The number of aryl methyl sites for hydroxylation is 2. The summed E-state index contributed by atoms with van der Waals surface area (Å²) in [5, 5.41) is 4.87. The van der Waals surface area contributed by atoms with Crippen molar-refractivity contribution < 1.29 is 4.79 Å². The highest BCUT2D eigenvalue weighted by Gasteiger charge is 2.18. The summed E-state index contributed by atoms with van der Waals surface area (Å²) in [6.07, 6.45) is 1.97. The second-order valence-electron chi connectivity index (χ2n) is 6.29. The van der Waals surface area contributed by atoms with Crippen molar-refractivity contribution in [1.29, 1.82) is 0 Å². The zero-order valence-corrected chi connectivity index (χ0v) is 18.1. The number of rotatable bonds is 10. The van der Waals surface area contributed by atoms with Crippen LogP contribution in [0.2, 0.25) is 0 Å². The number of carbonyl (C=O) groups is 1. The molecule has 2 rings (SSSR count). The lowest BCUT2D eigenvalue weighted by atomic mass is 10.3. The number of fused-ring (bicyclic) bond motifs is 1. The molecule has 0 saturated heterocycles. The summed E-state index contributed by atoms with van der Waals surface area (Å²) in [6, 6.07) is 2.16. The van der Waals surface area contributed by atoms with Crippen LogP contribution in [0.25, 0.3) is 10.2 Å². The Balaban J connectivity index is 1.94. The van der Waals surface area contributed by atoms with Crippen molar-refractivity contribution >= 4 is 39.2 Å². The number of carbonyl (C=O) groups excluding carboxylic acids is 1. The van der Waals surface area contributed by atoms with Gasteiger partial charge >= 0.3 is 0 Å². The van der Waals surface area contributed by atoms with Crippen LogP contribution in [0.5, 0.6) is 0 Å². The Hall–Kier alpha value is -1.18. The molecule has 0 aromatic carbocycles. The van der Waals surface area contributed by atoms with Gasteiger partial charge in [-0.15, -0.1) is 11.3 Å². The standard InChI is InChI=1S/C19H30N4OS2/c1-6-15-12-16-18(21-14(5)22-19(16)26-15)25-13(4)17(24)20-10-9-11-23(7-2)8-3/h12-13H,6-11H2,1-5H3,(H,20,24). The molecule has 1 unspecified atom stereocenters. The number of nitrogens with one attached hydrogen (secondary N) is 1. The lowest BCUT2D eigenvalue weighted by Crippen LogP contribution is -2.34. The maximum atomic E-state index is 12.4. The summed E-state index contributed by atoms with van der Waals surface area (Å²) in [5.41, 5.74) is 0. The maximum absolute atomic E-state index is 12.4. The molecular formula is C19H30N4OS2. The Bertz CT molecular complexity index is 728. The van der Waals surface area contributed by atoms with Crippen molar-refractivity contribution in [3.63, 3.8) is 0 Å². The molecule has 1 atom stereocenters. The van der Waals surface area contributed by atoms with Gasteiger partial charge in [-0.1, -0.05) is 32.5 Å². The lowest BCUT2D eigenvalue weighted by molar-refractivity contribution is -0.120. The number of hydrogen-bond donors (Lipinski definition) is 1. The van der Waals surface area contributed by atoms with Gasteiger partial charge in [-0.25, -0.2) is 9.97 Å². The summed E-state index contributed by atoms with van der Waals surface area (Å²) >= 11 is 3.24. The van der Waals surface area contributed by atoms with Gasteiger partial charge in [0.15, 0.2) is 0 Å². The lowest BCUT2D eigenvalue weighted by Gasteiger charge is -2.18. The zero-order valence-electron chi connectivity index (χ0n) is 16.5. The molecule has 5 nitrogen and oxygen atoms in total. The van der Waals surface area contributed by atoms with Crippen LogP contribution in [0.15, 0.2) is 11.1 Å². The average molecular weight is 395 g/mol. The fraction of sp³-hybridized carbons (Fsp3) is 0.632. The van der Waals surface area contributed by atoms with E-state index in [-0.39, 0.29) is 11.2 Å². The fourth-order valence-electron chi connectivity index (χ4n) is 2.73. The number of nitrogens with zero attached hydrogens (tertiary/aromatic N) is 3. The Morgan fingerprint density at radius 2 is 2.04 bits per heavy atom. The van der Waals surface area contributed by atoms with Gasteiger partial charge < -0.3 is 10.2 Å². The number of thiophene rings is 1. The van der Waals surface area contributed by atoms with E-state index in [2.05, 4.69) is 47.0 Å². The Morgan fingerprint density at radius 1 is 1.31 bits per heavy atom. The van der Waals surface area contributed by atoms with Crippen LogP contribution in [-0.2, 0) is 11.2 Å². The Labute approximate surface area is 165 Å². The summed E-state index contributed by atoms with van der Waals surface area (Å²) in [4.78, 5) is 26.2. The number of amides is 1. The van der Waals surface area contributed by atoms with Gasteiger partial charge in [0, 0.05) is 16.8 Å². The van der Waals surface area contributed by atoms with E-state index in [0.29, 0.717) is 0 Å². The third kappa shape index (κ3) is 5.66. The molecule has 144 valence electrons. The highest BCUT2D eigenvalue weighted by atomic mass is 32.2. The second kappa shape index (κ2) is 10.2. The molecule has 0 saturated carbocycles. The van der Waals surface area contributed by atoms with Gasteiger partial charge in [0.2, 0.25) is 5.91 Å². The van der Waals surface area contributed by atoms with Crippen LogP contribution in [0.4, 0.5) is 0 Å². The van der Waals surface area contributed by atoms with Crippen LogP contribution in [0, 0.1) is 6.92 Å². The first-order valence-electron chi connectivity index (χ1n) is 9.42. The van der Waals surface area contributed by atoms with Gasteiger partial charge in [0.1, 0.15) is 15.7 Å². The summed E-state index contributed by atoms with van der Waals surface area (Å²) in [6.45, 7) is 14.2. The van der Waals surface area contributed by atoms with E-state index in [1.807, 2.05) is 13.8 Å². The van der Waals surface area contributed by atoms with Crippen LogP contribution in [0.1, 0.15) is 44.8 Å². The monoisotopic (exact) mass is 394 g/mol. The highest BCUT2D eigenvalue weighted by molar-refractivity contribution is 8.00. The predicted molar refractivity (Wildman–Crippen MR) is 112 cm³/mol. The Morgan fingerprint density at radius 3 is 2.69 bits per heavy atom. The molecule has 2 heterocycles. The zero-order chi connectivity index (χ0) is 19.1. The minimum absolute atomic E-state index is 0.0740. The van der Waals surface area contributed by atoms with Gasteiger partial charge in [-0.05, 0) is 52.4 Å². The van der Waals surface area contributed by atoms with Crippen molar-refractivity contribution in [3.8, 4) is 0 Å². The molecule has 0 spiro atoms. The minimum Gasteiger partial charge on any atom is -0.355 e. The molecule has 0 radical (unpaired) electrons. The van der Waals surface area contributed by atoms with Gasteiger partial charge in [0.05, 0.1) is 5.25 Å². The largest absolute Gasteiger partial charge is 0.355 e. The average Bonchev–Trinajstić information content (AvgIpc) is 3.04. The van der Waals surface area contributed by atoms with E-state index >= 15 is 0 Å². The van der Waals surface area contributed by atoms with E-state index < -0.39 is 0 Å². The molecule has 0 aliphatic rings. The molecule has 0 aliphatic heterocycles. The van der Waals surface area contributed by atoms with Crippen molar-refractivity contribution in [2.75, 3.05) is 26.2 Å². The Kier molecular flexibility index (Phi) is 8.31. The van der Waals surface area contributed by atoms with Gasteiger partial charge in [-0.3, -0.25) is 4.79 Å². The molecule has 1 amide bonds. The number of hydrogen-bond acceptors (Lipinski definition) is 6. The molecule has 26 heavy (non-hydrogen) atoms. The molecule has 1 N–H and O–H groups in total. The number of thioether (sulfide) groups is 1. The molecule has 0 bridgehead atoms. The van der Waals surface area contributed by atoms with Crippen molar-refractivity contribution in [2.24, 2.45) is 0 Å². The van der Waals surface area contributed by atoms with Crippen LogP contribution in [-0.4, -0.2) is 52.2 Å². The first-order valence-corrected chi connectivity index (χ1v) is 11.1. The van der Waals surface area contributed by atoms with Gasteiger partial charge in [0.25, 0.3) is 0 Å². The third-order valence-corrected chi connectivity index (χ3v) is 6.65. The summed E-state index contributed by atoms with van der Waals surface area (Å²) in [7, 11) is 0. The van der Waals surface area contributed by atoms with Crippen LogP contribution < -0.4 is 5.32 Å². The van der Waals surface area contributed by atoms with Crippen molar-refractivity contribution in [2.45, 2.75) is 57.7 Å². The van der Waals surface area contributed by atoms with Crippen molar-refractivity contribution in [3.05, 3.63) is 16.8 Å². The summed E-state index contributed by atoms with van der Waals surface area (Å²) in [5.74, 6) is 0.834. The fourth-order valence-corrected chi connectivity index (χ4v) is 4.80. The van der Waals surface area contributed by atoms with Crippen LogP contribution >= 0.6 is 23.1 Å². The molecule has 2 aromatic heterocycles. The first-order chi connectivity index (χ1) is 12.5. The van der Waals surface area contributed by atoms with Crippen LogP contribution in [0.3, 0.4) is 0 Å². The minimum atomic E-state index is -0.175. The quantitative estimate of drug-likeness (QED) is 0.376. The normalized spacial score (nSPS) is 12.7. The molecule has 7 heteroatoms.